The van der Waals surface area contributed by atoms with E-state index in [9.17, 15) is 9.59 Å². The summed E-state index contributed by atoms with van der Waals surface area (Å²) in [7, 11) is 0. The summed E-state index contributed by atoms with van der Waals surface area (Å²) < 4.78 is 0. The normalized spacial score (nSPS) is 12.0. The van der Waals surface area contributed by atoms with Gasteiger partial charge in [0, 0.05) is 5.92 Å². The van der Waals surface area contributed by atoms with Gasteiger partial charge in [-0.2, -0.15) is 0 Å². The summed E-state index contributed by atoms with van der Waals surface area (Å²) in [6.07, 6.45) is 0.689. The fourth-order valence-corrected chi connectivity index (χ4v) is 1.83. The SMILES string of the molecule is CCC(C)C(=O)Nc1c(Cl)cc(C(=O)O)cc1Cl. The van der Waals surface area contributed by atoms with E-state index in [0.29, 0.717) is 6.42 Å². The number of rotatable bonds is 4. The lowest BCUT2D eigenvalue weighted by atomic mass is 10.1. The van der Waals surface area contributed by atoms with Crippen molar-refractivity contribution in [2.24, 2.45) is 5.92 Å². The summed E-state index contributed by atoms with van der Waals surface area (Å²) >= 11 is 11.8. The minimum Gasteiger partial charge on any atom is -0.478 e. The smallest absolute Gasteiger partial charge is 0.335 e. The Balaban J connectivity index is 3.04. The highest BCUT2D eigenvalue weighted by atomic mass is 35.5. The van der Waals surface area contributed by atoms with Gasteiger partial charge in [0.2, 0.25) is 5.91 Å². The number of carbonyl (C=O) groups excluding carboxylic acids is 1. The molecule has 1 atom stereocenters. The number of hydrogen-bond donors (Lipinski definition) is 2. The molecule has 0 heterocycles. The number of anilines is 1. The van der Waals surface area contributed by atoms with Crippen LogP contribution >= 0.6 is 23.2 Å². The van der Waals surface area contributed by atoms with Crippen LogP contribution in [0.2, 0.25) is 10.0 Å². The summed E-state index contributed by atoms with van der Waals surface area (Å²) in [5, 5.41) is 11.6. The van der Waals surface area contributed by atoms with Gasteiger partial charge >= 0.3 is 5.97 Å². The van der Waals surface area contributed by atoms with E-state index in [1.807, 2.05) is 6.92 Å². The van der Waals surface area contributed by atoms with E-state index in [2.05, 4.69) is 5.32 Å². The van der Waals surface area contributed by atoms with Crippen molar-refractivity contribution in [2.45, 2.75) is 20.3 Å². The minimum absolute atomic E-state index is 0.0217. The Bertz CT molecular complexity index is 465. The lowest BCUT2D eigenvalue weighted by molar-refractivity contribution is -0.119. The summed E-state index contributed by atoms with van der Waals surface area (Å²) in [5.41, 5.74) is 0.222. The fraction of sp³-hybridized carbons (Fsp3) is 0.333. The third-order valence-electron chi connectivity index (χ3n) is 2.60. The van der Waals surface area contributed by atoms with Crippen LogP contribution in [0, 0.1) is 5.92 Å². The van der Waals surface area contributed by atoms with Crippen LogP contribution in [0.1, 0.15) is 30.6 Å². The molecule has 0 aliphatic carbocycles. The van der Waals surface area contributed by atoms with Gasteiger partial charge in [0.05, 0.1) is 21.3 Å². The van der Waals surface area contributed by atoms with Gasteiger partial charge in [-0.15, -0.1) is 0 Å². The molecule has 0 saturated carbocycles. The maximum Gasteiger partial charge on any atom is 0.335 e. The largest absolute Gasteiger partial charge is 0.478 e. The van der Waals surface area contributed by atoms with Crippen LogP contribution in [0.4, 0.5) is 5.69 Å². The molecular formula is C12H13Cl2NO3. The second-order valence-corrected chi connectivity index (χ2v) is 4.73. The van der Waals surface area contributed by atoms with E-state index in [4.69, 9.17) is 28.3 Å². The zero-order valence-corrected chi connectivity index (χ0v) is 11.5. The van der Waals surface area contributed by atoms with Crippen molar-refractivity contribution in [3.8, 4) is 0 Å². The van der Waals surface area contributed by atoms with Gasteiger partial charge in [-0.25, -0.2) is 4.79 Å². The predicted octanol–water partition coefficient (Wildman–Crippen LogP) is 3.68. The van der Waals surface area contributed by atoms with Crippen molar-refractivity contribution in [3.63, 3.8) is 0 Å². The second-order valence-electron chi connectivity index (χ2n) is 3.92. The maximum absolute atomic E-state index is 11.7. The molecule has 0 aromatic heterocycles. The van der Waals surface area contributed by atoms with Crippen LogP contribution in [0.25, 0.3) is 0 Å². The van der Waals surface area contributed by atoms with Crippen LogP contribution in [0.3, 0.4) is 0 Å². The lowest BCUT2D eigenvalue weighted by Gasteiger charge is -2.13. The average molecular weight is 290 g/mol. The van der Waals surface area contributed by atoms with Crippen LogP contribution in [-0.2, 0) is 4.79 Å². The van der Waals surface area contributed by atoms with Gasteiger partial charge in [-0.1, -0.05) is 37.0 Å². The van der Waals surface area contributed by atoms with Crippen LogP contribution in [-0.4, -0.2) is 17.0 Å². The van der Waals surface area contributed by atoms with Crippen LogP contribution in [0.5, 0.6) is 0 Å². The monoisotopic (exact) mass is 289 g/mol. The molecule has 98 valence electrons. The van der Waals surface area contributed by atoms with Crippen LogP contribution < -0.4 is 5.32 Å². The van der Waals surface area contributed by atoms with Gasteiger partial charge in [0.1, 0.15) is 0 Å². The Hall–Kier alpha value is -1.26. The molecule has 18 heavy (non-hydrogen) atoms. The molecule has 0 fully saturated rings. The summed E-state index contributed by atoms with van der Waals surface area (Å²) in [6.45, 7) is 3.67. The predicted molar refractivity (Wildman–Crippen MR) is 71.5 cm³/mol. The van der Waals surface area contributed by atoms with Crippen LogP contribution in [0.15, 0.2) is 12.1 Å². The van der Waals surface area contributed by atoms with Gasteiger partial charge in [0.25, 0.3) is 0 Å². The number of carbonyl (C=O) groups is 2. The van der Waals surface area contributed by atoms with Crippen molar-refractivity contribution >= 4 is 40.8 Å². The Labute approximate surface area is 115 Å². The van der Waals surface area contributed by atoms with E-state index in [0.717, 1.165) is 0 Å². The lowest BCUT2D eigenvalue weighted by Crippen LogP contribution is -2.20. The van der Waals surface area contributed by atoms with Gasteiger partial charge in [-0.05, 0) is 18.6 Å². The third kappa shape index (κ3) is 3.37. The number of carboxylic acids is 1. The number of benzene rings is 1. The van der Waals surface area contributed by atoms with E-state index >= 15 is 0 Å². The fourth-order valence-electron chi connectivity index (χ4n) is 1.25. The Morgan fingerprint density at radius 2 is 1.83 bits per heavy atom. The van der Waals surface area contributed by atoms with E-state index < -0.39 is 5.97 Å². The minimum atomic E-state index is -1.13. The third-order valence-corrected chi connectivity index (χ3v) is 3.19. The highest BCUT2D eigenvalue weighted by Gasteiger charge is 2.17. The van der Waals surface area contributed by atoms with E-state index in [1.165, 1.54) is 12.1 Å². The van der Waals surface area contributed by atoms with Gasteiger partial charge in [-0.3, -0.25) is 4.79 Å². The molecule has 1 amide bonds. The number of carboxylic acid groups (broad SMARTS) is 1. The molecule has 1 aromatic rings. The van der Waals surface area contributed by atoms with Crippen molar-refractivity contribution in [2.75, 3.05) is 5.32 Å². The highest BCUT2D eigenvalue weighted by Crippen LogP contribution is 2.32. The maximum atomic E-state index is 11.7. The average Bonchev–Trinajstić information content (AvgIpc) is 2.31. The van der Waals surface area contributed by atoms with Gasteiger partial charge in [0.15, 0.2) is 0 Å². The molecule has 1 aromatic carbocycles. The molecular weight excluding hydrogens is 277 g/mol. The molecule has 0 radical (unpaired) electrons. The number of amides is 1. The zero-order chi connectivity index (χ0) is 13.9. The summed E-state index contributed by atoms with van der Waals surface area (Å²) in [4.78, 5) is 22.5. The van der Waals surface area contributed by atoms with Crippen molar-refractivity contribution in [1.29, 1.82) is 0 Å². The first-order chi connectivity index (χ1) is 8.36. The molecule has 0 aliphatic rings. The Morgan fingerprint density at radius 1 is 1.33 bits per heavy atom. The topological polar surface area (TPSA) is 66.4 Å². The molecule has 0 spiro atoms. The Morgan fingerprint density at radius 3 is 2.22 bits per heavy atom. The highest BCUT2D eigenvalue weighted by molar-refractivity contribution is 6.40. The van der Waals surface area contributed by atoms with Crippen molar-refractivity contribution < 1.29 is 14.7 Å². The molecule has 4 nitrogen and oxygen atoms in total. The first-order valence-corrected chi connectivity index (χ1v) is 6.15. The first kappa shape index (κ1) is 14.8. The Kier molecular flexibility index (Phi) is 4.99. The van der Waals surface area contributed by atoms with Crippen molar-refractivity contribution in [3.05, 3.63) is 27.7 Å². The first-order valence-electron chi connectivity index (χ1n) is 5.40. The number of halogens is 2. The zero-order valence-electron chi connectivity index (χ0n) is 9.96. The summed E-state index contributed by atoms with van der Waals surface area (Å²) in [5.74, 6) is -1.50. The van der Waals surface area contributed by atoms with E-state index in [1.54, 1.807) is 6.92 Å². The quantitative estimate of drug-likeness (QED) is 0.889. The molecule has 2 N–H and O–H groups in total. The molecule has 0 bridgehead atoms. The van der Waals surface area contributed by atoms with E-state index in [-0.39, 0.29) is 33.1 Å². The molecule has 6 heteroatoms. The molecule has 1 unspecified atom stereocenters. The number of nitrogens with one attached hydrogen (secondary N) is 1. The molecule has 0 saturated heterocycles. The van der Waals surface area contributed by atoms with Crippen molar-refractivity contribution in [1.82, 2.24) is 0 Å². The standard InChI is InChI=1S/C12H13Cl2NO3/c1-3-6(2)11(16)15-10-8(13)4-7(12(17)18)5-9(10)14/h4-6H,3H2,1-2H3,(H,15,16)(H,17,18). The number of aromatic carboxylic acids is 1. The number of hydrogen-bond acceptors (Lipinski definition) is 2. The molecule has 1 rings (SSSR count). The second kappa shape index (κ2) is 6.07. The summed E-state index contributed by atoms with van der Waals surface area (Å²) in [6, 6.07) is 2.50. The van der Waals surface area contributed by atoms with Gasteiger partial charge < -0.3 is 10.4 Å². The molecule has 0 aliphatic heterocycles.